The first-order chi connectivity index (χ1) is 35.3. The van der Waals surface area contributed by atoms with Crippen LogP contribution in [0.3, 0.4) is 0 Å². The summed E-state index contributed by atoms with van der Waals surface area (Å²) in [6.07, 6.45) is 5.17. The minimum atomic E-state index is -0.632. The third-order valence-electron chi connectivity index (χ3n) is 14.4. The molecule has 10 rings (SSSR count). The molecule has 2 amide bonds. The highest BCUT2D eigenvalue weighted by molar-refractivity contribution is 7.17. The van der Waals surface area contributed by atoms with Crippen LogP contribution in [0.5, 0.6) is 11.5 Å². The Kier molecular flexibility index (Phi) is 16.2. The predicted molar refractivity (Wildman–Crippen MR) is 286 cm³/mol. The van der Waals surface area contributed by atoms with Crippen molar-refractivity contribution >= 4 is 89.3 Å². The number of amides is 2. The number of piperazine rings is 2. The van der Waals surface area contributed by atoms with Crippen LogP contribution in [0.1, 0.15) is 62.5 Å². The van der Waals surface area contributed by atoms with Crippen molar-refractivity contribution < 1.29 is 38.1 Å². The fourth-order valence-corrected chi connectivity index (χ4v) is 11.9. The minimum Gasteiger partial charge on any atom is -0.494 e. The first kappa shape index (κ1) is 49.4. The first-order valence-corrected chi connectivity index (χ1v) is 27.4. The van der Waals surface area contributed by atoms with Gasteiger partial charge in [0.05, 0.1) is 37.4 Å². The lowest BCUT2D eigenvalue weighted by atomic mass is 10.0. The molecule has 0 atom stereocenters. The molecule has 0 unspecified atom stereocenters. The molecule has 0 N–H and O–H groups in total. The molecular weight excluding hydrogens is 949 g/mol. The Hall–Kier alpha value is -6.20. The molecular formula is C56H64N6O8S2. The number of hydrogen-bond donors (Lipinski definition) is 0. The molecule has 4 aromatic carbocycles. The SMILES string of the molecule is O=C(CCC(=O)OCN1C(=O)CCc2ccc(OCCCCN3CCN(c4cccc5sccc45)CC3)cc21)OCN1C(=O)CCc2ccc(OCCCCN3CCN(c4cccc5sccc45)CC3)cc21. The predicted octanol–water partition coefficient (Wildman–Crippen LogP) is 9.12. The lowest BCUT2D eigenvalue weighted by molar-refractivity contribution is -0.151. The van der Waals surface area contributed by atoms with E-state index < -0.39 is 11.9 Å². The number of unbranched alkanes of at least 4 members (excludes halogenated alkanes) is 2. The fourth-order valence-electron chi connectivity index (χ4n) is 10.3. The van der Waals surface area contributed by atoms with Crippen molar-refractivity contribution in [3.05, 3.63) is 107 Å². The number of nitrogens with zero attached hydrogens (tertiary/aromatic N) is 6. The lowest BCUT2D eigenvalue weighted by Crippen LogP contribution is -2.46. The summed E-state index contributed by atoms with van der Waals surface area (Å²) >= 11 is 3.58. The van der Waals surface area contributed by atoms with Gasteiger partial charge < -0.3 is 28.7 Å². The molecule has 2 fully saturated rings. The molecule has 2 aromatic heterocycles. The maximum atomic E-state index is 13.1. The third kappa shape index (κ3) is 12.0. The van der Waals surface area contributed by atoms with Crippen LogP contribution in [-0.2, 0) is 41.5 Å². The number of esters is 2. The number of anilines is 4. The van der Waals surface area contributed by atoms with E-state index in [0.29, 0.717) is 61.8 Å². The van der Waals surface area contributed by atoms with E-state index in [1.165, 1.54) is 41.3 Å². The quantitative estimate of drug-likeness (QED) is 0.0505. The molecule has 4 aliphatic heterocycles. The van der Waals surface area contributed by atoms with Crippen LogP contribution in [-0.4, -0.2) is 126 Å². The number of ether oxygens (including phenoxy) is 4. The molecule has 14 nitrogen and oxygen atoms in total. The molecule has 378 valence electrons. The second kappa shape index (κ2) is 23.6. The van der Waals surface area contributed by atoms with Gasteiger partial charge in [0.1, 0.15) is 11.5 Å². The maximum absolute atomic E-state index is 13.1. The van der Waals surface area contributed by atoms with Crippen LogP contribution < -0.4 is 29.1 Å². The van der Waals surface area contributed by atoms with Crippen molar-refractivity contribution in [2.75, 3.05) is 112 Å². The second-order valence-electron chi connectivity index (χ2n) is 19.0. The Labute approximate surface area is 429 Å². The van der Waals surface area contributed by atoms with Gasteiger partial charge in [-0.15, -0.1) is 22.7 Å². The Morgan fingerprint density at radius 2 is 0.931 bits per heavy atom. The number of thiophene rings is 2. The summed E-state index contributed by atoms with van der Waals surface area (Å²) in [5.41, 5.74) is 5.94. The Bertz CT molecular complexity index is 2660. The van der Waals surface area contributed by atoms with Crippen LogP contribution in [0.4, 0.5) is 22.7 Å². The molecule has 2 saturated heterocycles. The molecule has 0 radical (unpaired) electrons. The number of benzene rings is 4. The fraction of sp³-hybridized carbons (Fsp3) is 0.429. The molecule has 0 aliphatic carbocycles. The summed E-state index contributed by atoms with van der Waals surface area (Å²) < 4.78 is 26.0. The van der Waals surface area contributed by atoms with Crippen molar-refractivity contribution in [2.24, 2.45) is 0 Å². The van der Waals surface area contributed by atoms with Gasteiger partial charge in [-0.3, -0.25) is 38.8 Å². The largest absolute Gasteiger partial charge is 0.494 e. The summed E-state index contributed by atoms with van der Waals surface area (Å²) in [4.78, 5) is 64.9. The van der Waals surface area contributed by atoms with E-state index >= 15 is 0 Å². The standard InChI is InChI=1S/C56H64N6O8S2/c63-53-17-13-41-11-15-43(67-33-3-1-23-57-25-29-59(30-26-57)47-7-5-9-51-45(47)21-35-71-51)37-49(41)61(53)39-69-55(65)19-20-56(66)70-40-62-50-38-44(16-12-42(50)14-18-54(62)64)68-34-4-2-24-58-27-31-60(32-28-58)48-8-6-10-52-46(48)22-36-72-52/h5-12,15-16,21-22,35-38H,1-4,13-14,17-20,23-34,39-40H2. The zero-order valence-corrected chi connectivity index (χ0v) is 42.6. The molecule has 0 spiro atoms. The number of fused-ring (bicyclic) bond motifs is 4. The Morgan fingerprint density at radius 3 is 1.38 bits per heavy atom. The van der Waals surface area contributed by atoms with Gasteiger partial charge in [0.25, 0.3) is 0 Å². The van der Waals surface area contributed by atoms with E-state index in [4.69, 9.17) is 18.9 Å². The van der Waals surface area contributed by atoms with Gasteiger partial charge in [0, 0.05) is 109 Å². The van der Waals surface area contributed by atoms with Crippen LogP contribution in [0, 0.1) is 0 Å². The van der Waals surface area contributed by atoms with Gasteiger partial charge >= 0.3 is 11.9 Å². The summed E-state index contributed by atoms with van der Waals surface area (Å²) in [7, 11) is 0. The van der Waals surface area contributed by atoms with Gasteiger partial charge in [-0.25, -0.2) is 0 Å². The number of rotatable bonds is 21. The topological polar surface area (TPSA) is 125 Å². The van der Waals surface area contributed by atoms with Crippen molar-refractivity contribution in [3.63, 3.8) is 0 Å². The number of aryl methyl sites for hydroxylation is 2. The zero-order chi connectivity index (χ0) is 49.2. The zero-order valence-electron chi connectivity index (χ0n) is 41.0. The van der Waals surface area contributed by atoms with E-state index in [1.807, 2.05) is 36.4 Å². The molecule has 4 aliphatic rings. The molecule has 0 bridgehead atoms. The van der Waals surface area contributed by atoms with Crippen LogP contribution >= 0.6 is 22.7 Å². The summed E-state index contributed by atoms with van der Waals surface area (Å²) in [6, 6.07) is 29.1. The van der Waals surface area contributed by atoms with Crippen molar-refractivity contribution in [1.82, 2.24) is 9.80 Å². The van der Waals surface area contributed by atoms with Crippen molar-refractivity contribution in [2.45, 2.75) is 64.2 Å². The highest BCUT2D eigenvalue weighted by Gasteiger charge is 2.28. The average Bonchev–Trinajstić information content (AvgIpc) is 4.11. The Balaban J connectivity index is 0.612. The molecule has 0 saturated carbocycles. The minimum absolute atomic E-state index is 0.150. The summed E-state index contributed by atoms with van der Waals surface area (Å²) in [5, 5.41) is 7.02. The third-order valence-corrected chi connectivity index (χ3v) is 16.2. The van der Waals surface area contributed by atoms with Gasteiger partial charge in [-0.2, -0.15) is 0 Å². The summed E-state index contributed by atoms with van der Waals surface area (Å²) in [5.74, 6) is -0.245. The van der Waals surface area contributed by atoms with Gasteiger partial charge in [-0.05, 0) is 122 Å². The van der Waals surface area contributed by atoms with E-state index in [2.05, 4.69) is 78.9 Å². The highest BCUT2D eigenvalue weighted by atomic mass is 32.1. The highest BCUT2D eigenvalue weighted by Crippen LogP contribution is 2.35. The van der Waals surface area contributed by atoms with Gasteiger partial charge in [-0.1, -0.05) is 24.3 Å². The average molecular weight is 1010 g/mol. The van der Waals surface area contributed by atoms with E-state index in [-0.39, 0.29) is 38.1 Å². The second-order valence-corrected chi connectivity index (χ2v) is 20.9. The molecule has 6 heterocycles. The van der Waals surface area contributed by atoms with E-state index in [0.717, 1.165) is 102 Å². The molecule has 72 heavy (non-hydrogen) atoms. The van der Waals surface area contributed by atoms with Crippen molar-refractivity contribution in [3.8, 4) is 11.5 Å². The monoisotopic (exact) mass is 1010 g/mol. The van der Waals surface area contributed by atoms with Crippen LogP contribution in [0.25, 0.3) is 20.2 Å². The van der Waals surface area contributed by atoms with Gasteiger partial charge in [0.2, 0.25) is 11.8 Å². The normalized spacial score (nSPS) is 16.6. The molecule has 16 heteroatoms. The van der Waals surface area contributed by atoms with Gasteiger partial charge in [0.15, 0.2) is 13.5 Å². The smallest absolute Gasteiger partial charge is 0.308 e. The first-order valence-electron chi connectivity index (χ1n) is 25.6. The Morgan fingerprint density at radius 1 is 0.486 bits per heavy atom. The van der Waals surface area contributed by atoms with Crippen LogP contribution in [0.2, 0.25) is 0 Å². The van der Waals surface area contributed by atoms with Crippen molar-refractivity contribution in [1.29, 1.82) is 0 Å². The van der Waals surface area contributed by atoms with Crippen LogP contribution in [0.15, 0.2) is 95.7 Å². The number of carbonyl (C=O) groups excluding carboxylic acids is 4. The molecule has 6 aromatic rings. The summed E-state index contributed by atoms with van der Waals surface area (Å²) in [6.45, 7) is 10.8. The lowest BCUT2D eigenvalue weighted by Gasteiger charge is -2.36. The number of carbonyl (C=O) groups is 4. The number of hydrogen-bond acceptors (Lipinski definition) is 14. The van der Waals surface area contributed by atoms with E-state index in [9.17, 15) is 19.2 Å². The van der Waals surface area contributed by atoms with E-state index in [1.54, 1.807) is 22.7 Å². The maximum Gasteiger partial charge on any atom is 0.308 e.